The number of thiophene rings is 1. The number of carbonyl (C=O) groups excluding carboxylic acids is 1. The second kappa shape index (κ2) is 6.08. The minimum Gasteiger partial charge on any atom is -0.396 e. The zero-order valence-electron chi connectivity index (χ0n) is 10.5. The van der Waals surface area contributed by atoms with E-state index in [1.165, 1.54) is 17.5 Å². The van der Waals surface area contributed by atoms with Gasteiger partial charge in [-0.05, 0) is 25.5 Å². The Hall–Kier alpha value is -1.53. The zero-order valence-corrected chi connectivity index (χ0v) is 12.1. The Kier molecular flexibility index (Phi) is 4.44. The van der Waals surface area contributed by atoms with E-state index in [0.717, 1.165) is 15.6 Å². The van der Waals surface area contributed by atoms with Gasteiger partial charge in [0.15, 0.2) is 0 Å². The molecule has 0 radical (unpaired) electrons. The van der Waals surface area contributed by atoms with Crippen molar-refractivity contribution in [1.82, 2.24) is 15.1 Å². The van der Waals surface area contributed by atoms with Gasteiger partial charge in [0.05, 0.1) is 16.2 Å². The highest BCUT2D eigenvalue weighted by molar-refractivity contribution is 7.16. The van der Waals surface area contributed by atoms with Gasteiger partial charge >= 0.3 is 0 Å². The number of nitrogen functional groups attached to an aromatic ring is 1. The fraction of sp³-hybridized carbons (Fsp3) is 0.333. The van der Waals surface area contributed by atoms with Crippen LogP contribution in [0.2, 0.25) is 4.34 Å². The summed E-state index contributed by atoms with van der Waals surface area (Å²) in [5.41, 5.74) is 6.57. The van der Waals surface area contributed by atoms with E-state index in [-0.39, 0.29) is 5.91 Å². The molecule has 0 aromatic carbocycles. The molecule has 0 aliphatic rings. The normalized spacial score (nSPS) is 10.6. The second-order valence-corrected chi connectivity index (χ2v) is 5.78. The first-order valence-corrected chi connectivity index (χ1v) is 7.15. The number of anilines is 1. The summed E-state index contributed by atoms with van der Waals surface area (Å²) in [7, 11) is 0. The Balaban J connectivity index is 1.92. The monoisotopic (exact) mass is 298 g/mol. The van der Waals surface area contributed by atoms with E-state index in [0.29, 0.717) is 24.5 Å². The molecule has 0 unspecified atom stereocenters. The summed E-state index contributed by atoms with van der Waals surface area (Å²) in [6.07, 6.45) is 2.25. The van der Waals surface area contributed by atoms with Gasteiger partial charge in [-0.25, -0.2) is 0 Å². The summed E-state index contributed by atoms with van der Waals surface area (Å²) in [5.74, 6) is -0.195. The molecule has 102 valence electrons. The Morgan fingerprint density at radius 1 is 1.58 bits per heavy atom. The largest absolute Gasteiger partial charge is 0.396 e. The lowest BCUT2D eigenvalue weighted by atomic mass is 10.3. The van der Waals surface area contributed by atoms with E-state index in [1.54, 1.807) is 4.68 Å². The molecule has 0 aliphatic carbocycles. The summed E-state index contributed by atoms with van der Waals surface area (Å²) in [4.78, 5) is 13.2. The number of amides is 1. The van der Waals surface area contributed by atoms with E-state index in [9.17, 15) is 4.79 Å². The zero-order chi connectivity index (χ0) is 13.8. The molecule has 0 bridgehead atoms. The van der Waals surface area contributed by atoms with Gasteiger partial charge in [-0.1, -0.05) is 11.6 Å². The number of carbonyl (C=O) groups is 1. The van der Waals surface area contributed by atoms with Crippen LogP contribution in [0.25, 0.3) is 0 Å². The summed E-state index contributed by atoms with van der Waals surface area (Å²) in [6, 6.07) is 3.82. The molecule has 0 saturated heterocycles. The topological polar surface area (TPSA) is 72.9 Å². The summed E-state index contributed by atoms with van der Waals surface area (Å²) >= 11 is 7.37. The molecule has 0 fully saturated rings. The third-order valence-corrected chi connectivity index (χ3v) is 3.96. The lowest BCUT2D eigenvalue weighted by Crippen LogP contribution is -2.28. The molecule has 3 N–H and O–H groups in total. The first-order valence-electron chi connectivity index (χ1n) is 5.95. The number of nitrogens with one attached hydrogen (secondary N) is 1. The van der Waals surface area contributed by atoms with E-state index < -0.39 is 0 Å². The number of hydrogen-bond acceptors (Lipinski definition) is 4. The van der Waals surface area contributed by atoms with Gasteiger partial charge in [0, 0.05) is 18.0 Å². The molecule has 7 heteroatoms. The van der Waals surface area contributed by atoms with E-state index in [2.05, 4.69) is 10.4 Å². The quantitative estimate of drug-likeness (QED) is 0.888. The van der Waals surface area contributed by atoms with Crippen LogP contribution < -0.4 is 11.1 Å². The van der Waals surface area contributed by atoms with Crippen LogP contribution >= 0.6 is 22.9 Å². The number of aryl methyl sites for hydroxylation is 1. The molecule has 0 aliphatic heterocycles. The molecular weight excluding hydrogens is 284 g/mol. The molecule has 1 amide bonds. The standard InChI is InChI=1S/C12H15ClN4OS/c1-2-17-11(9(14)7-16-17)12(18)15-6-5-8-3-4-10(13)19-8/h3-4,7H,2,5-6,14H2,1H3,(H,15,18). The van der Waals surface area contributed by atoms with Crippen molar-refractivity contribution in [3.8, 4) is 0 Å². The van der Waals surface area contributed by atoms with Crippen molar-refractivity contribution >= 4 is 34.5 Å². The van der Waals surface area contributed by atoms with Gasteiger partial charge in [-0.2, -0.15) is 5.10 Å². The van der Waals surface area contributed by atoms with Gasteiger partial charge < -0.3 is 11.1 Å². The van der Waals surface area contributed by atoms with Crippen molar-refractivity contribution in [3.63, 3.8) is 0 Å². The van der Waals surface area contributed by atoms with Crippen LogP contribution in [0.4, 0.5) is 5.69 Å². The Morgan fingerprint density at radius 3 is 3.00 bits per heavy atom. The number of aromatic nitrogens is 2. The first kappa shape index (κ1) is 13.9. The predicted molar refractivity (Wildman–Crippen MR) is 77.7 cm³/mol. The molecule has 2 aromatic heterocycles. The second-order valence-electron chi connectivity index (χ2n) is 3.98. The van der Waals surface area contributed by atoms with Crippen LogP contribution in [0.5, 0.6) is 0 Å². The Morgan fingerprint density at radius 2 is 2.37 bits per heavy atom. The molecule has 0 saturated carbocycles. The fourth-order valence-corrected chi connectivity index (χ4v) is 2.84. The average molecular weight is 299 g/mol. The maximum atomic E-state index is 12.0. The highest BCUT2D eigenvalue weighted by Crippen LogP contribution is 2.21. The third kappa shape index (κ3) is 3.27. The number of halogens is 1. The van der Waals surface area contributed by atoms with Crippen LogP contribution in [0.15, 0.2) is 18.3 Å². The number of nitrogens with zero attached hydrogens (tertiary/aromatic N) is 2. The van der Waals surface area contributed by atoms with E-state index in [1.807, 2.05) is 19.1 Å². The number of rotatable bonds is 5. The molecule has 2 aromatic rings. The minimum absolute atomic E-state index is 0.195. The highest BCUT2D eigenvalue weighted by Gasteiger charge is 2.15. The Bertz CT molecular complexity index is 578. The van der Waals surface area contributed by atoms with Crippen molar-refractivity contribution in [2.75, 3.05) is 12.3 Å². The van der Waals surface area contributed by atoms with Crippen molar-refractivity contribution in [3.05, 3.63) is 33.2 Å². The molecule has 5 nitrogen and oxygen atoms in total. The van der Waals surface area contributed by atoms with Crippen molar-refractivity contribution in [2.24, 2.45) is 0 Å². The van der Waals surface area contributed by atoms with Crippen LogP contribution in [0, 0.1) is 0 Å². The minimum atomic E-state index is -0.195. The van der Waals surface area contributed by atoms with Gasteiger partial charge in [-0.3, -0.25) is 9.48 Å². The maximum Gasteiger partial charge on any atom is 0.271 e. The molecule has 2 heterocycles. The summed E-state index contributed by atoms with van der Waals surface area (Å²) in [6.45, 7) is 3.07. The summed E-state index contributed by atoms with van der Waals surface area (Å²) < 4.78 is 2.35. The van der Waals surface area contributed by atoms with Crippen molar-refractivity contribution in [1.29, 1.82) is 0 Å². The average Bonchev–Trinajstić information content (AvgIpc) is 2.95. The molecule has 0 atom stereocenters. The first-order chi connectivity index (χ1) is 9.11. The summed E-state index contributed by atoms with van der Waals surface area (Å²) in [5, 5.41) is 6.88. The predicted octanol–water partition coefficient (Wildman–Crippen LogP) is 2.17. The van der Waals surface area contributed by atoms with Crippen LogP contribution in [-0.4, -0.2) is 22.2 Å². The lowest BCUT2D eigenvalue weighted by Gasteiger charge is -2.07. The fourth-order valence-electron chi connectivity index (χ4n) is 1.76. The van der Waals surface area contributed by atoms with Gasteiger partial charge in [0.25, 0.3) is 5.91 Å². The van der Waals surface area contributed by atoms with E-state index >= 15 is 0 Å². The molecule has 0 spiro atoms. The SMILES string of the molecule is CCn1ncc(N)c1C(=O)NCCc1ccc(Cl)s1. The van der Waals surface area contributed by atoms with Gasteiger partial charge in [-0.15, -0.1) is 11.3 Å². The van der Waals surface area contributed by atoms with Crippen LogP contribution in [-0.2, 0) is 13.0 Å². The molecular formula is C12H15ClN4OS. The smallest absolute Gasteiger partial charge is 0.271 e. The third-order valence-electron chi connectivity index (χ3n) is 2.67. The van der Waals surface area contributed by atoms with Gasteiger partial charge in [0.1, 0.15) is 5.69 Å². The van der Waals surface area contributed by atoms with E-state index in [4.69, 9.17) is 17.3 Å². The molecule has 2 rings (SSSR count). The maximum absolute atomic E-state index is 12.0. The van der Waals surface area contributed by atoms with Crippen LogP contribution in [0.3, 0.4) is 0 Å². The number of hydrogen-bond donors (Lipinski definition) is 2. The Labute approximate surface area is 120 Å². The van der Waals surface area contributed by atoms with Crippen molar-refractivity contribution < 1.29 is 4.79 Å². The molecule has 19 heavy (non-hydrogen) atoms. The highest BCUT2D eigenvalue weighted by atomic mass is 35.5. The lowest BCUT2D eigenvalue weighted by molar-refractivity contribution is 0.0944. The number of nitrogens with two attached hydrogens (primary N) is 1. The van der Waals surface area contributed by atoms with Crippen molar-refractivity contribution in [2.45, 2.75) is 19.9 Å². The van der Waals surface area contributed by atoms with Gasteiger partial charge in [0.2, 0.25) is 0 Å². The van der Waals surface area contributed by atoms with Crippen LogP contribution in [0.1, 0.15) is 22.3 Å².